The van der Waals surface area contributed by atoms with Gasteiger partial charge in [0.15, 0.2) is 0 Å². The second-order valence-electron chi connectivity index (χ2n) is 10.3. The second-order valence-corrected chi connectivity index (χ2v) is 10.3. The van der Waals surface area contributed by atoms with Crippen LogP contribution in [0.3, 0.4) is 0 Å². The molecular weight excluding hydrogens is 412 g/mol. The molecule has 0 aliphatic rings. The zero-order chi connectivity index (χ0) is 24.6. The van der Waals surface area contributed by atoms with Gasteiger partial charge in [-0.25, -0.2) is 0 Å². The van der Waals surface area contributed by atoms with E-state index < -0.39 is 6.23 Å². The van der Waals surface area contributed by atoms with Gasteiger partial charge < -0.3 is 21.1 Å². The first kappa shape index (κ1) is 32.8. The molecule has 3 atom stereocenters. The Morgan fingerprint density at radius 1 is 0.515 bits per heavy atom. The Morgan fingerprint density at radius 2 is 0.879 bits per heavy atom. The van der Waals surface area contributed by atoms with Crippen molar-refractivity contribution in [2.45, 2.75) is 161 Å². The fourth-order valence-corrected chi connectivity index (χ4v) is 4.59. The number of aliphatic hydroxyl groups is 3. The molecule has 0 bridgehead atoms. The van der Waals surface area contributed by atoms with Crippen molar-refractivity contribution in [2.24, 2.45) is 5.73 Å². The standard InChI is InChI=1S/C28H60N2O3/c1-3-5-7-9-11-13-15-17-20-26(31)24-30(23-19-22-28(29)33)25-27(32)21-18-16-14-12-10-8-6-4-2/h26-28,31-33H,3-25,29H2,1-2H3. The Balaban J connectivity index is 4.07. The summed E-state index contributed by atoms with van der Waals surface area (Å²) in [5, 5.41) is 30.5. The third-order valence-corrected chi connectivity index (χ3v) is 6.69. The SMILES string of the molecule is CCCCCCCCCCC(O)CN(CCCC(N)O)CC(O)CCCCCCCCCC. The highest BCUT2D eigenvalue weighted by molar-refractivity contribution is 4.70. The summed E-state index contributed by atoms with van der Waals surface area (Å²) >= 11 is 0. The van der Waals surface area contributed by atoms with E-state index in [9.17, 15) is 15.3 Å². The van der Waals surface area contributed by atoms with Crippen LogP contribution in [0, 0.1) is 0 Å². The molecule has 0 spiro atoms. The third kappa shape index (κ3) is 24.7. The molecule has 0 rings (SSSR count). The molecule has 0 fully saturated rings. The largest absolute Gasteiger partial charge is 0.392 e. The Bertz CT molecular complexity index is 354. The lowest BCUT2D eigenvalue weighted by Crippen LogP contribution is -2.39. The summed E-state index contributed by atoms with van der Waals surface area (Å²) in [5.41, 5.74) is 5.48. The van der Waals surface area contributed by atoms with Gasteiger partial charge in [-0.05, 0) is 32.2 Å². The molecule has 3 unspecified atom stereocenters. The second kappa shape index (κ2) is 24.9. The van der Waals surface area contributed by atoms with Crippen molar-refractivity contribution in [3.63, 3.8) is 0 Å². The van der Waals surface area contributed by atoms with Crippen LogP contribution in [0.5, 0.6) is 0 Å². The van der Waals surface area contributed by atoms with E-state index in [1.54, 1.807) is 0 Å². The van der Waals surface area contributed by atoms with E-state index in [-0.39, 0.29) is 12.2 Å². The zero-order valence-corrected chi connectivity index (χ0v) is 22.4. The van der Waals surface area contributed by atoms with E-state index in [0.717, 1.165) is 38.6 Å². The van der Waals surface area contributed by atoms with Gasteiger partial charge >= 0.3 is 0 Å². The highest BCUT2D eigenvalue weighted by Gasteiger charge is 2.16. The molecule has 5 heteroatoms. The number of hydrogen-bond acceptors (Lipinski definition) is 5. The summed E-state index contributed by atoms with van der Waals surface area (Å²) in [4.78, 5) is 2.17. The predicted octanol–water partition coefficient (Wildman–Crippen LogP) is 6.13. The molecule has 0 amide bonds. The van der Waals surface area contributed by atoms with Gasteiger partial charge in [-0.3, -0.25) is 4.90 Å². The summed E-state index contributed by atoms with van der Waals surface area (Å²) in [7, 11) is 0. The highest BCUT2D eigenvalue weighted by atomic mass is 16.3. The van der Waals surface area contributed by atoms with Crippen LogP contribution >= 0.6 is 0 Å². The third-order valence-electron chi connectivity index (χ3n) is 6.69. The predicted molar refractivity (Wildman–Crippen MR) is 142 cm³/mol. The van der Waals surface area contributed by atoms with Crippen LogP contribution < -0.4 is 5.73 Å². The monoisotopic (exact) mass is 472 g/mol. The van der Waals surface area contributed by atoms with Crippen molar-refractivity contribution in [1.82, 2.24) is 4.90 Å². The van der Waals surface area contributed by atoms with Crippen LogP contribution in [-0.4, -0.2) is 58.3 Å². The van der Waals surface area contributed by atoms with Crippen molar-refractivity contribution in [1.29, 1.82) is 0 Å². The van der Waals surface area contributed by atoms with E-state index in [1.165, 1.54) is 89.9 Å². The van der Waals surface area contributed by atoms with Crippen molar-refractivity contribution in [2.75, 3.05) is 19.6 Å². The molecule has 0 aromatic carbocycles. The molecule has 5 nitrogen and oxygen atoms in total. The van der Waals surface area contributed by atoms with Crippen molar-refractivity contribution in [3.8, 4) is 0 Å². The Labute approximate surface area is 206 Å². The first-order valence-electron chi connectivity index (χ1n) is 14.5. The molecular formula is C28H60N2O3. The molecule has 0 aliphatic heterocycles. The first-order valence-corrected chi connectivity index (χ1v) is 14.5. The fourth-order valence-electron chi connectivity index (χ4n) is 4.59. The summed E-state index contributed by atoms with van der Waals surface area (Å²) in [6, 6.07) is 0. The highest BCUT2D eigenvalue weighted by Crippen LogP contribution is 2.14. The van der Waals surface area contributed by atoms with Gasteiger partial charge in [0.2, 0.25) is 0 Å². The average Bonchev–Trinajstić information content (AvgIpc) is 2.77. The molecule has 0 saturated heterocycles. The maximum absolute atomic E-state index is 10.6. The van der Waals surface area contributed by atoms with Gasteiger partial charge in [0.1, 0.15) is 6.23 Å². The zero-order valence-electron chi connectivity index (χ0n) is 22.4. The number of nitrogens with zero attached hydrogens (tertiary/aromatic N) is 1. The molecule has 33 heavy (non-hydrogen) atoms. The Morgan fingerprint density at radius 3 is 1.24 bits per heavy atom. The molecule has 0 heterocycles. The molecule has 0 saturated carbocycles. The lowest BCUT2D eigenvalue weighted by atomic mass is 10.0. The molecule has 0 radical (unpaired) electrons. The molecule has 0 aliphatic carbocycles. The van der Waals surface area contributed by atoms with Crippen LogP contribution in [0.15, 0.2) is 0 Å². The average molecular weight is 473 g/mol. The summed E-state index contributed by atoms with van der Waals surface area (Å²) < 4.78 is 0. The summed E-state index contributed by atoms with van der Waals surface area (Å²) in [6.07, 6.45) is 21.9. The Kier molecular flexibility index (Phi) is 24.8. The number of nitrogens with two attached hydrogens (primary N) is 1. The smallest absolute Gasteiger partial charge is 0.102 e. The van der Waals surface area contributed by atoms with E-state index in [1.807, 2.05) is 0 Å². The molecule has 0 aromatic heterocycles. The lowest BCUT2D eigenvalue weighted by Gasteiger charge is -2.27. The molecule has 5 N–H and O–H groups in total. The lowest BCUT2D eigenvalue weighted by molar-refractivity contribution is 0.0573. The van der Waals surface area contributed by atoms with Crippen LogP contribution in [0.4, 0.5) is 0 Å². The topological polar surface area (TPSA) is 90.0 Å². The minimum absolute atomic E-state index is 0.344. The van der Waals surface area contributed by atoms with E-state index in [2.05, 4.69) is 18.7 Å². The van der Waals surface area contributed by atoms with Crippen LogP contribution in [0.2, 0.25) is 0 Å². The van der Waals surface area contributed by atoms with Crippen molar-refractivity contribution >= 4 is 0 Å². The van der Waals surface area contributed by atoms with Gasteiger partial charge in [0.25, 0.3) is 0 Å². The first-order chi connectivity index (χ1) is 16.0. The number of aliphatic hydroxyl groups excluding tert-OH is 3. The quantitative estimate of drug-likeness (QED) is 0.0898. The van der Waals surface area contributed by atoms with Gasteiger partial charge in [0, 0.05) is 13.1 Å². The number of rotatable bonds is 26. The fraction of sp³-hybridized carbons (Fsp3) is 1.00. The molecule has 200 valence electrons. The van der Waals surface area contributed by atoms with Gasteiger partial charge in [-0.15, -0.1) is 0 Å². The van der Waals surface area contributed by atoms with Gasteiger partial charge in [-0.1, -0.05) is 117 Å². The van der Waals surface area contributed by atoms with E-state index >= 15 is 0 Å². The van der Waals surface area contributed by atoms with Crippen molar-refractivity contribution < 1.29 is 15.3 Å². The Hall–Kier alpha value is -0.200. The van der Waals surface area contributed by atoms with Gasteiger partial charge in [-0.2, -0.15) is 0 Å². The minimum atomic E-state index is -0.781. The van der Waals surface area contributed by atoms with E-state index in [0.29, 0.717) is 19.5 Å². The van der Waals surface area contributed by atoms with Crippen molar-refractivity contribution in [3.05, 3.63) is 0 Å². The minimum Gasteiger partial charge on any atom is -0.392 e. The molecule has 0 aromatic rings. The number of hydrogen-bond donors (Lipinski definition) is 4. The maximum atomic E-state index is 10.6. The maximum Gasteiger partial charge on any atom is 0.102 e. The van der Waals surface area contributed by atoms with Gasteiger partial charge in [0.05, 0.1) is 12.2 Å². The summed E-state index contributed by atoms with van der Waals surface area (Å²) in [5.74, 6) is 0. The van der Waals surface area contributed by atoms with Crippen LogP contribution in [-0.2, 0) is 0 Å². The van der Waals surface area contributed by atoms with E-state index in [4.69, 9.17) is 5.73 Å². The number of unbranched alkanes of at least 4 members (excludes halogenated alkanes) is 14. The van der Waals surface area contributed by atoms with Crippen LogP contribution in [0.25, 0.3) is 0 Å². The normalized spacial score (nSPS) is 14.6. The van der Waals surface area contributed by atoms with Crippen LogP contribution in [0.1, 0.15) is 142 Å². The summed E-state index contributed by atoms with van der Waals surface area (Å²) in [6.45, 7) is 6.46.